The maximum atomic E-state index is 14.3. The van der Waals surface area contributed by atoms with Gasteiger partial charge in [0.2, 0.25) is 0 Å². The number of aryl methyl sites for hydroxylation is 1. The molecule has 1 atom stereocenters. The van der Waals surface area contributed by atoms with E-state index < -0.39 is 0 Å². The van der Waals surface area contributed by atoms with Crippen LogP contribution in [0.25, 0.3) is 0 Å². The molecule has 2 N–H and O–H groups in total. The number of halogens is 1. The van der Waals surface area contributed by atoms with Crippen LogP contribution in [0.1, 0.15) is 42.9 Å². The first-order chi connectivity index (χ1) is 10.1. The summed E-state index contributed by atoms with van der Waals surface area (Å²) in [7, 11) is 0. The van der Waals surface area contributed by atoms with Gasteiger partial charge in [0.1, 0.15) is 5.82 Å². The van der Waals surface area contributed by atoms with Crippen LogP contribution in [0.4, 0.5) is 4.39 Å². The molecule has 1 aliphatic heterocycles. The summed E-state index contributed by atoms with van der Waals surface area (Å²) in [6.07, 6.45) is 4.47. The fourth-order valence-electron chi connectivity index (χ4n) is 4.01. The van der Waals surface area contributed by atoms with E-state index in [1.165, 1.54) is 12.8 Å². The van der Waals surface area contributed by atoms with Gasteiger partial charge >= 0.3 is 0 Å². The van der Waals surface area contributed by atoms with E-state index in [1.807, 2.05) is 19.1 Å². The average molecular weight is 292 g/mol. The molecular weight excluding hydrogens is 267 g/mol. The van der Waals surface area contributed by atoms with Gasteiger partial charge in [-0.25, -0.2) is 4.39 Å². The number of nitrogens with zero attached hydrogens (tertiary/aromatic N) is 1. The summed E-state index contributed by atoms with van der Waals surface area (Å²) in [5.41, 5.74) is 8.25. The van der Waals surface area contributed by atoms with E-state index in [9.17, 15) is 4.39 Å². The van der Waals surface area contributed by atoms with E-state index >= 15 is 0 Å². The van der Waals surface area contributed by atoms with Crippen LogP contribution in [0, 0.1) is 12.7 Å². The monoisotopic (exact) mass is 292 g/mol. The summed E-state index contributed by atoms with van der Waals surface area (Å²) < 4.78 is 19.8. The van der Waals surface area contributed by atoms with Crippen LogP contribution in [0.15, 0.2) is 18.2 Å². The van der Waals surface area contributed by atoms with Crippen LogP contribution in [-0.4, -0.2) is 36.7 Å². The lowest BCUT2D eigenvalue weighted by atomic mass is 9.81. The first-order valence-electron chi connectivity index (χ1n) is 7.98. The van der Waals surface area contributed by atoms with Gasteiger partial charge in [0.05, 0.1) is 19.3 Å². The maximum Gasteiger partial charge on any atom is 0.128 e. The van der Waals surface area contributed by atoms with E-state index in [4.69, 9.17) is 10.5 Å². The zero-order chi connectivity index (χ0) is 14.9. The summed E-state index contributed by atoms with van der Waals surface area (Å²) in [6, 6.07) is 5.01. The van der Waals surface area contributed by atoms with Crippen molar-refractivity contribution >= 4 is 0 Å². The van der Waals surface area contributed by atoms with Gasteiger partial charge in [0.15, 0.2) is 0 Å². The molecule has 116 valence electrons. The molecule has 0 aromatic heterocycles. The summed E-state index contributed by atoms with van der Waals surface area (Å²) in [5, 5.41) is 0. The van der Waals surface area contributed by atoms with E-state index in [2.05, 4.69) is 4.90 Å². The molecule has 1 unspecified atom stereocenters. The van der Waals surface area contributed by atoms with E-state index in [-0.39, 0.29) is 17.4 Å². The van der Waals surface area contributed by atoms with Crippen LogP contribution in [0.3, 0.4) is 0 Å². The van der Waals surface area contributed by atoms with Gasteiger partial charge in [-0.05, 0) is 25.8 Å². The number of ether oxygens (including phenoxy) is 1. The number of nitrogens with two attached hydrogens (primary N) is 1. The molecule has 0 bridgehead atoms. The second-order valence-corrected chi connectivity index (χ2v) is 6.41. The Bertz CT molecular complexity index is 494. The van der Waals surface area contributed by atoms with Gasteiger partial charge in [-0.15, -0.1) is 0 Å². The predicted octanol–water partition coefficient (Wildman–Crippen LogP) is 2.78. The standard InChI is InChI=1S/C17H25FN2O/c1-13-4-5-15(18)14(12-13)16(19)17(6-2-3-7-17)20-8-10-21-11-9-20/h4-5,12,16H,2-3,6-11,19H2,1H3. The third kappa shape index (κ3) is 2.72. The highest BCUT2D eigenvalue weighted by Crippen LogP contribution is 2.44. The van der Waals surface area contributed by atoms with Gasteiger partial charge in [-0.2, -0.15) is 0 Å². The van der Waals surface area contributed by atoms with Crippen LogP contribution in [0.2, 0.25) is 0 Å². The third-order valence-corrected chi connectivity index (χ3v) is 5.18. The van der Waals surface area contributed by atoms with Crippen LogP contribution in [0.5, 0.6) is 0 Å². The van der Waals surface area contributed by atoms with Crippen molar-refractivity contribution < 1.29 is 9.13 Å². The van der Waals surface area contributed by atoms with Crippen molar-refractivity contribution in [2.75, 3.05) is 26.3 Å². The second-order valence-electron chi connectivity index (χ2n) is 6.41. The number of benzene rings is 1. The minimum absolute atomic E-state index is 0.0988. The third-order valence-electron chi connectivity index (χ3n) is 5.18. The highest BCUT2D eigenvalue weighted by molar-refractivity contribution is 5.30. The van der Waals surface area contributed by atoms with Crippen molar-refractivity contribution in [1.82, 2.24) is 4.90 Å². The molecule has 1 aliphatic carbocycles. The van der Waals surface area contributed by atoms with Crippen molar-refractivity contribution in [3.8, 4) is 0 Å². The average Bonchev–Trinajstić information content (AvgIpc) is 3.01. The lowest BCUT2D eigenvalue weighted by molar-refractivity contribution is -0.0315. The predicted molar refractivity (Wildman–Crippen MR) is 81.7 cm³/mol. The Hall–Kier alpha value is -0.970. The Morgan fingerprint density at radius 1 is 1.24 bits per heavy atom. The zero-order valence-corrected chi connectivity index (χ0v) is 12.8. The van der Waals surface area contributed by atoms with Gasteiger partial charge in [-0.1, -0.05) is 30.5 Å². The molecule has 21 heavy (non-hydrogen) atoms. The number of hydrogen-bond donors (Lipinski definition) is 1. The minimum Gasteiger partial charge on any atom is -0.379 e. The van der Waals surface area contributed by atoms with Crippen molar-refractivity contribution in [3.05, 3.63) is 35.1 Å². The Balaban J connectivity index is 1.94. The fourth-order valence-corrected chi connectivity index (χ4v) is 4.01. The molecule has 4 heteroatoms. The molecule has 2 fully saturated rings. The minimum atomic E-state index is -0.266. The molecule has 3 nitrogen and oxygen atoms in total. The lowest BCUT2D eigenvalue weighted by Gasteiger charge is -2.47. The SMILES string of the molecule is Cc1ccc(F)c(C(N)C2(N3CCOCC3)CCCC2)c1. The summed E-state index contributed by atoms with van der Waals surface area (Å²) in [6.45, 7) is 5.31. The molecule has 0 radical (unpaired) electrons. The van der Waals surface area contributed by atoms with E-state index in [0.29, 0.717) is 5.56 Å². The van der Waals surface area contributed by atoms with Gasteiger partial charge < -0.3 is 10.5 Å². The fraction of sp³-hybridized carbons (Fsp3) is 0.647. The molecule has 3 rings (SSSR count). The maximum absolute atomic E-state index is 14.3. The molecule has 1 aromatic rings. The Morgan fingerprint density at radius 3 is 2.57 bits per heavy atom. The van der Waals surface area contributed by atoms with Crippen molar-refractivity contribution in [2.24, 2.45) is 5.73 Å². The van der Waals surface area contributed by atoms with E-state index in [0.717, 1.165) is 44.7 Å². The number of rotatable bonds is 3. The van der Waals surface area contributed by atoms with Gasteiger partial charge in [0.25, 0.3) is 0 Å². The smallest absolute Gasteiger partial charge is 0.128 e. The van der Waals surface area contributed by atoms with Crippen LogP contribution in [-0.2, 0) is 4.74 Å². The van der Waals surface area contributed by atoms with Crippen molar-refractivity contribution in [1.29, 1.82) is 0 Å². The largest absolute Gasteiger partial charge is 0.379 e. The van der Waals surface area contributed by atoms with Gasteiger partial charge in [0, 0.05) is 24.2 Å². The Morgan fingerprint density at radius 2 is 1.90 bits per heavy atom. The van der Waals surface area contributed by atoms with E-state index in [1.54, 1.807) is 6.07 Å². The topological polar surface area (TPSA) is 38.5 Å². The normalized spacial score (nSPS) is 24.1. The number of morpholine rings is 1. The molecule has 1 saturated carbocycles. The van der Waals surface area contributed by atoms with Gasteiger partial charge in [-0.3, -0.25) is 4.90 Å². The molecule has 1 aromatic carbocycles. The first kappa shape index (κ1) is 14.9. The number of hydrogen-bond acceptors (Lipinski definition) is 3. The highest BCUT2D eigenvalue weighted by Gasteiger charge is 2.46. The van der Waals surface area contributed by atoms with Crippen LogP contribution < -0.4 is 5.73 Å². The molecule has 1 saturated heterocycles. The summed E-state index contributed by atoms with van der Waals surface area (Å²) in [4.78, 5) is 2.45. The molecule has 0 amide bonds. The summed E-state index contributed by atoms with van der Waals surface area (Å²) >= 11 is 0. The molecule has 2 aliphatic rings. The quantitative estimate of drug-likeness (QED) is 0.931. The Kier molecular flexibility index (Phi) is 4.29. The van der Waals surface area contributed by atoms with Crippen LogP contribution >= 0.6 is 0 Å². The van der Waals surface area contributed by atoms with Crippen molar-refractivity contribution in [2.45, 2.75) is 44.2 Å². The summed E-state index contributed by atoms with van der Waals surface area (Å²) in [5.74, 6) is -0.173. The molecule has 0 spiro atoms. The highest BCUT2D eigenvalue weighted by atomic mass is 19.1. The second kappa shape index (κ2) is 6.03. The zero-order valence-electron chi connectivity index (χ0n) is 12.8. The molecule has 1 heterocycles. The molecular formula is C17H25FN2O. The Labute approximate surface area is 126 Å². The lowest BCUT2D eigenvalue weighted by Crippen LogP contribution is -2.57. The van der Waals surface area contributed by atoms with Crippen molar-refractivity contribution in [3.63, 3.8) is 0 Å². The first-order valence-corrected chi connectivity index (χ1v) is 7.98.